The molecule has 0 radical (unpaired) electrons. The van der Waals surface area contributed by atoms with Crippen LogP contribution in [0, 0.1) is 0 Å². The highest BCUT2D eigenvalue weighted by molar-refractivity contribution is 5.86. The second-order valence-corrected chi connectivity index (χ2v) is 3.99. The molecule has 0 amide bonds. The number of unbranched alkanes of at least 4 members (excludes halogenated alkanes) is 3. The minimum Gasteiger partial charge on any atom is -0.478 e. The van der Waals surface area contributed by atoms with E-state index < -0.39 is 5.97 Å². The molecule has 18 heavy (non-hydrogen) atoms. The van der Waals surface area contributed by atoms with E-state index in [0.717, 1.165) is 12.8 Å². The van der Waals surface area contributed by atoms with Gasteiger partial charge in [0, 0.05) is 11.1 Å². The minimum absolute atomic E-state index is 0.334. The molecule has 0 aliphatic heterocycles. The molecule has 4 heteroatoms. The molecular formula is C14H24O4. The fourth-order valence-corrected chi connectivity index (χ4v) is 1.05. The third-order valence-electron chi connectivity index (χ3n) is 2.17. The zero-order chi connectivity index (χ0) is 14.6. The average Bonchev–Trinajstić information content (AvgIpc) is 2.33. The maximum Gasteiger partial charge on any atom is 0.332 e. The maximum absolute atomic E-state index is 10.3. The lowest BCUT2D eigenvalue weighted by molar-refractivity contribution is -0.136. The van der Waals surface area contributed by atoms with Crippen molar-refractivity contribution in [1.82, 2.24) is 0 Å². The number of carbonyl (C=O) groups excluding carboxylic acids is 1. The van der Waals surface area contributed by atoms with Gasteiger partial charge in [-0.3, -0.25) is 0 Å². The molecule has 104 valence electrons. The number of hydrogen-bond acceptors (Lipinski definition) is 3. The predicted octanol–water partition coefficient (Wildman–Crippen LogP) is 3.33. The summed E-state index contributed by atoms with van der Waals surface area (Å²) in [7, 11) is 1.33. The van der Waals surface area contributed by atoms with Crippen molar-refractivity contribution >= 4 is 11.9 Å². The third-order valence-corrected chi connectivity index (χ3v) is 2.17. The summed E-state index contributed by atoms with van der Waals surface area (Å²) in [6, 6.07) is 0. The lowest BCUT2D eigenvalue weighted by Gasteiger charge is -1.98. The average molecular weight is 256 g/mol. The Hall–Kier alpha value is -1.58. The molecule has 0 aliphatic carbocycles. The van der Waals surface area contributed by atoms with Crippen LogP contribution < -0.4 is 0 Å². The summed E-state index contributed by atoms with van der Waals surface area (Å²) in [4.78, 5) is 20.5. The summed E-state index contributed by atoms with van der Waals surface area (Å²) in [6.07, 6.45) is 5.07. The summed E-state index contributed by atoms with van der Waals surface area (Å²) in [5.41, 5.74) is 0.767. The van der Waals surface area contributed by atoms with Crippen LogP contribution in [0.2, 0.25) is 0 Å². The summed E-state index contributed by atoms with van der Waals surface area (Å²) in [6.45, 7) is 10.5. The maximum atomic E-state index is 10.3. The highest BCUT2D eigenvalue weighted by atomic mass is 16.5. The highest BCUT2D eigenvalue weighted by Gasteiger charge is 2.01. The molecule has 0 saturated heterocycles. The summed E-state index contributed by atoms with van der Waals surface area (Å²) in [5.74, 6) is -1.21. The normalized spacial score (nSPS) is 8.83. The number of carboxylic acid groups (broad SMARTS) is 1. The van der Waals surface area contributed by atoms with Crippen LogP contribution >= 0.6 is 0 Å². The van der Waals surface area contributed by atoms with Gasteiger partial charge in [0.1, 0.15) is 0 Å². The first-order valence-corrected chi connectivity index (χ1v) is 6.01. The summed E-state index contributed by atoms with van der Waals surface area (Å²) in [5, 5.41) is 8.44. The van der Waals surface area contributed by atoms with E-state index in [1.165, 1.54) is 20.0 Å². The Morgan fingerprint density at radius 1 is 1.17 bits per heavy atom. The van der Waals surface area contributed by atoms with E-state index in [2.05, 4.69) is 24.8 Å². The van der Waals surface area contributed by atoms with Gasteiger partial charge in [-0.15, -0.1) is 0 Å². The Labute approximate surface area is 109 Å². The first-order valence-electron chi connectivity index (χ1n) is 6.01. The van der Waals surface area contributed by atoms with Gasteiger partial charge in [-0.25, -0.2) is 9.59 Å². The van der Waals surface area contributed by atoms with E-state index in [9.17, 15) is 9.59 Å². The van der Waals surface area contributed by atoms with Crippen molar-refractivity contribution in [3.05, 3.63) is 24.3 Å². The fourth-order valence-electron chi connectivity index (χ4n) is 1.05. The SMILES string of the molecule is C=C(C)C(=O)OC.C=C(CCCCCC)C(=O)O. The topological polar surface area (TPSA) is 63.6 Å². The lowest BCUT2D eigenvalue weighted by Crippen LogP contribution is -1.98. The van der Waals surface area contributed by atoms with Gasteiger partial charge < -0.3 is 9.84 Å². The molecule has 0 bridgehead atoms. The number of hydrogen-bond donors (Lipinski definition) is 1. The molecule has 0 atom stereocenters. The Morgan fingerprint density at radius 2 is 1.72 bits per heavy atom. The van der Waals surface area contributed by atoms with Crippen molar-refractivity contribution in [1.29, 1.82) is 0 Å². The Morgan fingerprint density at radius 3 is 2.00 bits per heavy atom. The van der Waals surface area contributed by atoms with Crippen molar-refractivity contribution < 1.29 is 19.4 Å². The molecule has 1 N–H and O–H groups in total. The molecule has 0 aromatic carbocycles. The van der Waals surface area contributed by atoms with Crippen LogP contribution in [-0.2, 0) is 14.3 Å². The second kappa shape index (κ2) is 11.9. The van der Waals surface area contributed by atoms with Crippen LogP contribution in [0.5, 0.6) is 0 Å². The van der Waals surface area contributed by atoms with E-state index in [-0.39, 0.29) is 5.97 Å². The summed E-state index contributed by atoms with van der Waals surface area (Å²) < 4.78 is 4.27. The largest absolute Gasteiger partial charge is 0.478 e. The molecule has 0 spiro atoms. The molecule has 0 aromatic heterocycles. The molecule has 4 nitrogen and oxygen atoms in total. The van der Waals surface area contributed by atoms with Gasteiger partial charge >= 0.3 is 11.9 Å². The molecule has 0 rings (SSSR count). The molecule has 0 unspecified atom stereocenters. The van der Waals surface area contributed by atoms with Crippen LogP contribution in [0.1, 0.15) is 46.0 Å². The molecule has 0 aromatic rings. The number of methoxy groups -OCH3 is 1. The number of aliphatic carboxylic acids is 1. The van der Waals surface area contributed by atoms with Crippen LogP contribution in [0.3, 0.4) is 0 Å². The van der Waals surface area contributed by atoms with Crippen LogP contribution in [-0.4, -0.2) is 24.2 Å². The number of carbonyl (C=O) groups is 2. The molecule has 0 saturated carbocycles. The number of ether oxygens (including phenoxy) is 1. The van der Waals surface area contributed by atoms with Crippen molar-refractivity contribution in [2.75, 3.05) is 7.11 Å². The highest BCUT2D eigenvalue weighted by Crippen LogP contribution is 2.07. The van der Waals surface area contributed by atoms with Gasteiger partial charge in [-0.1, -0.05) is 39.3 Å². The zero-order valence-electron chi connectivity index (χ0n) is 11.6. The minimum atomic E-state index is -0.860. The first-order chi connectivity index (χ1) is 8.36. The van der Waals surface area contributed by atoms with E-state index in [4.69, 9.17) is 5.11 Å². The van der Waals surface area contributed by atoms with Crippen molar-refractivity contribution in [3.8, 4) is 0 Å². The predicted molar refractivity (Wildman–Crippen MR) is 72.4 cm³/mol. The standard InChI is InChI=1S/C9H16O2.C5H8O2/c1-3-4-5-6-7-8(2)9(10)11;1-4(2)5(6)7-3/h2-7H2,1H3,(H,10,11);1H2,2-3H3. The number of rotatable bonds is 7. The van der Waals surface area contributed by atoms with Gasteiger partial charge in [-0.05, 0) is 19.8 Å². The Balaban J connectivity index is 0. The van der Waals surface area contributed by atoms with E-state index in [1.807, 2.05) is 0 Å². The number of carboxylic acids is 1. The second-order valence-electron chi connectivity index (χ2n) is 3.99. The lowest BCUT2D eigenvalue weighted by atomic mass is 10.1. The number of esters is 1. The monoisotopic (exact) mass is 256 g/mol. The molecular weight excluding hydrogens is 232 g/mol. The molecule has 0 heterocycles. The van der Waals surface area contributed by atoms with Crippen molar-refractivity contribution in [2.45, 2.75) is 46.0 Å². The quantitative estimate of drug-likeness (QED) is 0.431. The van der Waals surface area contributed by atoms with Gasteiger partial charge in [0.05, 0.1) is 7.11 Å². The third kappa shape index (κ3) is 12.5. The molecule has 0 aliphatic rings. The van der Waals surface area contributed by atoms with Gasteiger partial charge in [-0.2, -0.15) is 0 Å². The summed E-state index contributed by atoms with van der Waals surface area (Å²) >= 11 is 0. The zero-order valence-corrected chi connectivity index (χ0v) is 11.6. The smallest absolute Gasteiger partial charge is 0.332 e. The fraction of sp³-hybridized carbons (Fsp3) is 0.571. The van der Waals surface area contributed by atoms with Crippen molar-refractivity contribution in [2.24, 2.45) is 0 Å². The van der Waals surface area contributed by atoms with E-state index >= 15 is 0 Å². The van der Waals surface area contributed by atoms with Gasteiger partial charge in [0.15, 0.2) is 0 Å². The van der Waals surface area contributed by atoms with E-state index in [1.54, 1.807) is 6.92 Å². The Kier molecular flexibility index (Phi) is 12.4. The van der Waals surface area contributed by atoms with Gasteiger partial charge in [0.2, 0.25) is 0 Å². The van der Waals surface area contributed by atoms with Crippen LogP contribution in [0.15, 0.2) is 24.3 Å². The van der Waals surface area contributed by atoms with Crippen LogP contribution in [0.25, 0.3) is 0 Å². The van der Waals surface area contributed by atoms with Crippen LogP contribution in [0.4, 0.5) is 0 Å². The Bertz CT molecular complexity index is 292. The molecule has 0 fully saturated rings. The van der Waals surface area contributed by atoms with Gasteiger partial charge in [0.25, 0.3) is 0 Å². The van der Waals surface area contributed by atoms with Crippen molar-refractivity contribution in [3.63, 3.8) is 0 Å². The first kappa shape index (κ1) is 18.8. The van der Waals surface area contributed by atoms with E-state index in [0.29, 0.717) is 17.6 Å².